The normalized spacial score (nSPS) is 16.5. The van der Waals surface area contributed by atoms with Crippen LogP contribution in [0.25, 0.3) is 11.1 Å². The fourth-order valence-corrected chi connectivity index (χ4v) is 4.24. The number of amides is 2. The van der Waals surface area contributed by atoms with Crippen LogP contribution in [0.15, 0.2) is 73.3 Å². The number of ether oxygens (including phenoxy) is 1. The largest absolute Gasteiger partial charge is 0.467 e. The highest BCUT2D eigenvalue weighted by molar-refractivity contribution is 5.96. The number of esters is 1. The minimum absolute atomic E-state index is 0.0989. The van der Waals surface area contributed by atoms with Gasteiger partial charge in [0.05, 0.1) is 25.9 Å². The molecule has 1 aromatic heterocycles. The summed E-state index contributed by atoms with van der Waals surface area (Å²) in [7, 11) is 1.29. The quantitative estimate of drug-likeness (QED) is 0.548. The van der Waals surface area contributed by atoms with E-state index in [0.29, 0.717) is 31.5 Å². The third-order valence-corrected chi connectivity index (χ3v) is 6.05. The fourth-order valence-electron chi connectivity index (χ4n) is 4.24. The minimum Gasteiger partial charge on any atom is -0.467 e. The van der Waals surface area contributed by atoms with Gasteiger partial charge < -0.3 is 19.5 Å². The summed E-state index contributed by atoms with van der Waals surface area (Å²) >= 11 is 0. The fraction of sp³-hybridized carbons (Fsp3) is 0.308. The lowest BCUT2D eigenvalue weighted by Crippen LogP contribution is -2.50. The van der Waals surface area contributed by atoms with Crippen molar-refractivity contribution >= 4 is 17.8 Å². The monoisotopic (exact) mass is 460 g/mol. The Morgan fingerprint density at radius 3 is 2.65 bits per heavy atom. The van der Waals surface area contributed by atoms with Gasteiger partial charge in [-0.15, -0.1) is 0 Å². The van der Waals surface area contributed by atoms with Crippen LogP contribution in [-0.2, 0) is 20.9 Å². The van der Waals surface area contributed by atoms with Crippen LogP contribution in [0, 0.1) is 5.92 Å². The molecule has 2 atom stereocenters. The molecule has 0 aliphatic carbocycles. The molecule has 1 unspecified atom stereocenters. The lowest BCUT2D eigenvalue weighted by molar-refractivity contribution is -0.146. The van der Waals surface area contributed by atoms with Crippen LogP contribution in [0.1, 0.15) is 23.2 Å². The predicted octanol–water partition coefficient (Wildman–Crippen LogP) is 2.76. The van der Waals surface area contributed by atoms with Crippen molar-refractivity contribution in [3.05, 3.63) is 78.9 Å². The van der Waals surface area contributed by atoms with Crippen LogP contribution in [0.5, 0.6) is 0 Å². The standard InChI is InChI=1S/C26H28N4O4/c1-34-26(33)23(17-29-14-12-27-18-29)28-24(31)22-11-6-13-30(16-22)25(32)21-10-5-9-20(15-21)19-7-3-2-4-8-19/h2-5,7-10,12,14-15,18,22-23H,6,11,13,16-17H2,1H3,(H,28,31)/t22?,23-/m1/s1. The summed E-state index contributed by atoms with van der Waals surface area (Å²) in [6.45, 7) is 1.12. The average Bonchev–Trinajstić information content (AvgIpc) is 3.41. The summed E-state index contributed by atoms with van der Waals surface area (Å²) < 4.78 is 6.57. The summed E-state index contributed by atoms with van der Waals surface area (Å²) in [6, 6.07) is 16.6. The lowest BCUT2D eigenvalue weighted by Gasteiger charge is -2.33. The number of nitrogens with zero attached hydrogens (tertiary/aromatic N) is 3. The highest BCUT2D eigenvalue weighted by Gasteiger charge is 2.32. The van der Waals surface area contributed by atoms with Gasteiger partial charge in [0, 0.05) is 31.0 Å². The molecule has 1 fully saturated rings. The van der Waals surface area contributed by atoms with Crippen LogP contribution in [0.3, 0.4) is 0 Å². The van der Waals surface area contributed by atoms with E-state index in [1.807, 2.05) is 48.5 Å². The molecule has 8 nitrogen and oxygen atoms in total. The number of rotatable bonds is 7. The summed E-state index contributed by atoms with van der Waals surface area (Å²) in [6.07, 6.45) is 6.26. The molecule has 1 saturated heterocycles. The molecule has 1 aliphatic rings. The van der Waals surface area contributed by atoms with E-state index in [9.17, 15) is 14.4 Å². The number of methoxy groups -OCH3 is 1. The second-order valence-corrected chi connectivity index (χ2v) is 8.38. The van der Waals surface area contributed by atoms with Gasteiger partial charge in [0.15, 0.2) is 0 Å². The minimum atomic E-state index is -0.833. The van der Waals surface area contributed by atoms with E-state index in [2.05, 4.69) is 10.3 Å². The number of carbonyl (C=O) groups excluding carboxylic acids is 3. The van der Waals surface area contributed by atoms with Crippen molar-refractivity contribution in [1.29, 1.82) is 0 Å². The van der Waals surface area contributed by atoms with Crippen LogP contribution >= 0.6 is 0 Å². The number of likely N-dealkylation sites (tertiary alicyclic amines) is 1. The number of nitrogens with one attached hydrogen (secondary N) is 1. The molecule has 2 amide bonds. The molecule has 0 spiro atoms. The summed E-state index contributed by atoms with van der Waals surface area (Å²) in [5, 5.41) is 2.81. The first-order valence-corrected chi connectivity index (χ1v) is 11.3. The molecule has 1 aliphatic heterocycles. The van der Waals surface area contributed by atoms with Gasteiger partial charge in [0.1, 0.15) is 6.04 Å². The molecule has 2 heterocycles. The van der Waals surface area contributed by atoms with Gasteiger partial charge in [-0.3, -0.25) is 9.59 Å². The number of benzene rings is 2. The van der Waals surface area contributed by atoms with Crippen molar-refractivity contribution in [2.24, 2.45) is 5.92 Å². The Morgan fingerprint density at radius 1 is 1.12 bits per heavy atom. The second-order valence-electron chi connectivity index (χ2n) is 8.38. The Kier molecular flexibility index (Phi) is 7.37. The predicted molar refractivity (Wildman–Crippen MR) is 127 cm³/mol. The number of piperidine rings is 1. The van der Waals surface area contributed by atoms with Crippen molar-refractivity contribution < 1.29 is 19.1 Å². The number of hydrogen-bond donors (Lipinski definition) is 1. The van der Waals surface area contributed by atoms with E-state index < -0.39 is 17.9 Å². The van der Waals surface area contributed by atoms with E-state index in [0.717, 1.165) is 11.1 Å². The van der Waals surface area contributed by atoms with Gasteiger partial charge in [0.2, 0.25) is 5.91 Å². The zero-order valence-electron chi connectivity index (χ0n) is 19.1. The van der Waals surface area contributed by atoms with E-state index in [1.165, 1.54) is 7.11 Å². The molecular formula is C26H28N4O4. The molecule has 176 valence electrons. The van der Waals surface area contributed by atoms with Crippen molar-refractivity contribution in [3.8, 4) is 11.1 Å². The Balaban J connectivity index is 1.42. The summed E-state index contributed by atoms with van der Waals surface area (Å²) in [5.41, 5.74) is 2.60. The van der Waals surface area contributed by atoms with E-state index in [1.54, 1.807) is 34.3 Å². The second kappa shape index (κ2) is 10.8. The molecule has 0 radical (unpaired) electrons. The molecule has 2 aromatic carbocycles. The molecule has 34 heavy (non-hydrogen) atoms. The Labute approximate surface area is 198 Å². The lowest BCUT2D eigenvalue weighted by atomic mass is 9.95. The third-order valence-electron chi connectivity index (χ3n) is 6.05. The highest BCUT2D eigenvalue weighted by atomic mass is 16.5. The van der Waals surface area contributed by atoms with Gasteiger partial charge in [-0.05, 0) is 36.1 Å². The molecule has 4 rings (SSSR count). The zero-order chi connectivity index (χ0) is 23.9. The number of imidazole rings is 1. The summed E-state index contributed by atoms with van der Waals surface area (Å²) in [4.78, 5) is 44.2. The highest BCUT2D eigenvalue weighted by Crippen LogP contribution is 2.23. The van der Waals surface area contributed by atoms with E-state index in [4.69, 9.17) is 4.74 Å². The average molecular weight is 461 g/mol. The molecular weight excluding hydrogens is 432 g/mol. The van der Waals surface area contributed by atoms with Gasteiger partial charge in [-0.25, -0.2) is 9.78 Å². The first-order valence-electron chi connectivity index (χ1n) is 11.3. The third kappa shape index (κ3) is 5.51. The first kappa shape index (κ1) is 23.2. The maximum Gasteiger partial charge on any atom is 0.330 e. The molecule has 1 N–H and O–H groups in total. The number of carbonyl (C=O) groups is 3. The summed E-state index contributed by atoms with van der Waals surface area (Å²) in [5.74, 6) is -1.28. The van der Waals surface area contributed by atoms with Gasteiger partial charge in [-0.2, -0.15) is 0 Å². The van der Waals surface area contributed by atoms with Gasteiger partial charge >= 0.3 is 5.97 Å². The van der Waals surface area contributed by atoms with Crippen LogP contribution in [0.2, 0.25) is 0 Å². The smallest absolute Gasteiger partial charge is 0.330 e. The van der Waals surface area contributed by atoms with Crippen molar-refractivity contribution in [2.45, 2.75) is 25.4 Å². The van der Waals surface area contributed by atoms with Crippen molar-refractivity contribution in [1.82, 2.24) is 19.8 Å². The Bertz CT molecular complexity index is 1130. The molecule has 0 bridgehead atoms. The SMILES string of the molecule is COC(=O)[C@@H](Cn1ccnc1)NC(=O)C1CCCN(C(=O)c2cccc(-c3ccccc3)c2)C1. The topological polar surface area (TPSA) is 93.5 Å². The Morgan fingerprint density at radius 2 is 1.91 bits per heavy atom. The maximum atomic E-state index is 13.2. The molecule has 3 aromatic rings. The molecule has 8 heteroatoms. The van der Waals surface area contributed by atoms with Gasteiger partial charge in [0.25, 0.3) is 5.91 Å². The van der Waals surface area contributed by atoms with E-state index in [-0.39, 0.29) is 18.4 Å². The van der Waals surface area contributed by atoms with Crippen molar-refractivity contribution in [3.63, 3.8) is 0 Å². The first-order chi connectivity index (χ1) is 16.5. The Hall–Kier alpha value is -3.94. The van der Waals surface area contributed by atoms with Gasteiger partial charge in [-0.1, -0.05) is 42.5 Å². The van der Waals surface area contributed by atoms with Crippen LogP contribution in [0.4, 0.5) is 0 Å². The van der Waals surface area contributed by atoms with E-state index >= 15 is 0 Å². The van der Waals surface area contributed by atoms with Crippen molar-refractivity contribution in [2.75, 3.05) is 20.2 Å². The number of aromatic nitrogens is 2. The number of hydrogen-bond acceptors (Lipinski definition) is 5. The van der Waals surface area contributed by atoms with Crippen LogP contribution < -0.4 is 5.32 Å². The van der Waals surface area contributed by atoms with Crippen LogP contribution in [-0.4, -0.2) is 58.5 Å². The zero-order valence-corrected chi connectivity index (χ0v) is 19.1. The maximum absolute atomic E-state index is 13.2. The molecule has 0 saturated carbocycles.